The van der Waals surface area contributed by atoms with Crippen molar-refractivity contribution in [1.82, 2.24) is 0 Å². The standard InChI is InChI=1S/C21H28O3/c22-19-16-21(14-7-2-1-3-8-15-21)24-20(23)18(19)13-9-12-17-10-5-4-6-11-17/h4-6,10-11,18H,1-3,7-9,12-16H2. The summed E-state index contributed by atoms with van der Waals surface area (Å²) in [5, 5.41) is 0. The Labute approximate surface area is 144 Å². The fourth-order valence-corrected chi connectivity index (χ4v) is 4.16. The Morgan fingerprint density at radius 3 is 2.29 bits per heavy atom. The summed E-state index contributed by atoms with van der Waals surface area (Å²) in [4.78, 5) is 25.1. The zero-order valence-electron chi connectivity index (χ0n) is 14.5. The molecule has 1 aromatic rings. The average molecular weight is 328 g/mol. The van der Waals surface area contributed by atoms with Crippen LogP contribution in [-0.2, 0) is 20.7 Å². The summed E-state index contributed by atoms with van der Waals surface area (Å²) in [7, 11) is 0. The molecule has 0 bridgehead atoms. The predicted molar refractivity (Wildman–Crippen MR) is 93.6 cm³/mol. The van der Waals surface area contributed by atoms with Crippen LogP contribution in [0.5, 0.6) is 0 Å². The molecule has 24 heavy (non-hydrogen) atoms. The second-order valence-corrected chi connectivity index (χ2v) is 7.45. The van der Waals surface area contributed by atoms with E-state index in [2.05, 4.69) is 12.1 Å². The van der Waals surface area contributed by atoms with Gasteiger partial charge in [0.25, 0.3) is 0 Å². The Hall–Kier alpha value is -1.64. The molecule has 0 N–H and O–H groups in total. The lowest BCUT2D eigenvalue weighted by molar-refractivity contribution is -0.180. The van der Waals surface area contributed by atoms with E-state index in [1.807, 2.05) is 18.2 Å². The Morgan fingerprint density at radius 1 is 0.958 bits per heavy atom. The molecule has 1 heterocycles. The van der Waals surface area contributed by atoms with E-state index in [1.54, 1.807) is 0 Å². The zero-order chi connectivity index (χ0) is 16.8. The lowest BCUT2D eigenvalue weighted by Crippen LogP contribution is -2.47. The van der Waals surface area contributed by atoms with Gasteiger partial charge in [0.1, 0.15) is 11.5 Å². The molecule has 2 aliphatic rings. The molecule has 1 saturated heterocycles. The van der Waals surface area contributed by atoms with Gasteiger partial charge in [-0.05, 0) is 50.5 Å². The minimum Gasteiger partial charge on any atom is -0.458 e. The highest BCUT2D eigenvalue weighted by molar-refractivity contribution is 6.01. The van der Waals surface area contributed by atoms with E-state index in [4.69, 9.17) is 4.74 Å². The molecular formula is C21H28O3. The summed E-state index contributed by atoms with van der Waals surface area (Å²) >= 11 is 0. The highest BCUT2D eigenvalue weighted by Crippen LogP contribution is 2.38. The number of Topliss-reactive ketones (excluding diaryl/α,β-unsaturated/α-hetero) is 1. The van der Waals surface area contributed by atoms with E-state index in [0.717, 1.165) is 38.5 Å². The summed E-state index contributed by atoms with van der Waals surface area (Å²) in [5.41, 5.74) is 0.774. The summed E-state index contributed by atoms with van der Waals surface area (Å²) in [6, 6.07) is 10.2. The van der Waals surface area contributed by atoms with Gasteiger partial charge in [0.2, 0.25) is 0 Å². The molecule has 3 nitrogen and oxygen atoms in total. The van der Waals surface area contributed by atoms with Crippen molar-refractivity contribution in [2.45, 2.75) is 76.2 Å². The van der Waals surface area contributed by atoms with Crippen molar-refractivity contribution in [2.24, 2.45) is 5.92 Å². The molecular weight excluding hydrogens is 300 g/mol. The van der Waals surface area contributed by atoms with Crippen LogP contribution < -0.4 is 0 Å². The Balaban J connectivity index is 1.55. The third kappa shape index (κ3) is 4.25. The van der Waals surface area contributed by atoms with Gasteiger partial charge in [-0.15, -0.1) is 0 Å². The van der Waals surface area contributed by atoms with Crippen LogP contribution in [0.1, 0.15) is 69.8 Å². The third-order valence-corrected chi connectivity index (χ3v) is 5.55. The van der Waals surface area contributed by atoms with Gasteiger partial charge < -0.3 is 4.74 Å². The first kappa shape index (κ1) is 17.2. The fraction of sp³-hybridized carbons (Fsp3) is 0.619. The molecule has 3 heteroatoms. The highest BCUT2D eigenvalue weighted by atomic mass is 16.6. The molecule has 1 spiro atoms. The predicted octanol–water partition coefficient (Wildman–Crippen LogP) is 4.62. The number of rotatable bonds is 4. The molecule has 0 radical (unpaired) electrons. The number of hydrogen-bond acceptors (Lipinski definition) is 3. The first-order valence-electron chi connectivity index (χ1n) is 9.48. The molecule has 1 atom stereocenters. The monoisotopic (exact) mass is 328 g/mol. The Morgan fingerprint density at radius 2 is 1.62 bits per heavy atom. The zero-order valence-corrected chi connectivity index (χ0v) is 14.5. The van der Waals surface area contributed by atoms with Crippen LogP contribution >= 0.6 is 0 Å². The molecule has 1 aliphatic heterocycles. The summed E-state index contributed by atoms with van der Waals surface area (Å²) in [5.74, 6) is -0.690. The fourth-order valence-electron chi connectivity index (χ4n) is 4.16. The van der Waals surface area contributed by atoms with Gasteiger partial charge in [-0.2, -0.15) is 0 Å². The van der Waals surface area contributed by atoms with Crippen LogP contribution in [0, 0.1) is 5.92 Å². The van der Waals surface area contributed by atoms with Gasteiger partial charge in [0.05, 0.1) is 0 Å². The van der Waals surface area contributed by atoms with Crippen LogP contribution in [0.4, 0.5) is 0 Å². The van der Waals surface area contributed by atoms with Gasteiger partial charge in [-0.3, -0.25) is 9.59 Å². The van der Waals surface area contributed by atoms with Crippen molar-refractivity contribution in [3.63, 3.8) is 0 Å². The Kier molecular flexibility index (Phi) is 5.70. The second-order valence-electron chi connectivity index (χ2n) is 7.45. The molecule has 3 rings (SSSR count). The van der Waals surface area contributed by atoms with Crippen LogP contribution in [0.2, 0.25) is 0 Å². The van der Waals surface area contributed by atoms with Crippen molar-refractivity contribution < 1.29 is 14.3 Å². The van der Waals surface area contributed by atoms with Crippen molar-refractivity contribution in [2.75, 3.05) is 0 Å². The minimum atomic E-state index is -0.537. The number of benzene rings is 1. The van der Waals surface area contributed by atoms with Gasteiger partial charge in [0.15, 0.2) is 5.78 Å². The summed E-state index contributed by atoms with van der Waals surface area (Å²) in [6.45, 7) is 0. The maximum Gasteiger partial charge on any atom is 0.317 e. The number of carbonyl (C=O) groups excluding carboxylic acids is 2. The Bertz CT molecular complexity index is 536. The van der Waals surface area contributed by atoms with Gasteiger partial charge in [-0.1, -0.05) is 49.6 Å². The third-order valence-electron chi connectivity index (χ3n) is 5.55. The molecule has 1 aromatic carbocycles. The highest BCUT2D eigenvalue weighted by Gasteiger charge is 2.45. The number of hydrogen-bond donors (Lipinski definition) is 0. The van der Waals surface area contributed by atoms with E-state index in [-0.39, 0.29) is 11.8 Å². The maximum atomic E-state index is 12.6. The van der Waals surface area contributed by atoms with Gasteiger partial charge in [-0.25, -0.2) is 0 Å². The SMILES string of the molecule is O=C1CC2(CCCCCCC2)OC(=O)C1CCCc1ccccc1. The number of ether oxygens (including phenoxy) is 1. The molecule has 0 aromatic heterocycles. The number of esters is 1. The van der Waals surface area contributed by atoms with Crippen molar-refractivity contribution in [3.05, 3.63) is 35.9 Å². The lowest BCUT2D eigenvalue weighted by Gasteiger charge is -2.39. The van der Waals surface area contributed by atoms with E-state index < -0.39 is 11.5 Å². The molecule has 1 saturated carbocycles. The number of carbonyl (C=O) groups is 2. The van der Waals surface area contributed by atoms with E-state index in [1.165, 1.54) is 24.8 Å². The van der Waals surface area contributed by atoms with E-state index in [0.29, 0.717) is 12.8 Å². The quantitative estimate of drug-likeness (QED) is 0.598. The van der Waals surface area contributed by atoms with Crippen LogP contribution in [-0.4, -0.2) is 17.4 Å². The largest absolute Gasteiger partial charge is 0.458 e. The summed E-state index contributed by atoms with van der Waals surface area (Å²) < 4.78 is 5.88. The first-order chi connectivity index (χ1) is 11.7. The summed E-state index contributed by atoms with van der Waals surface area (Å²) in [6.07, 6.45) is 10.3. The smallest absolute Gasteiger partial charge is 0.317 e. The lowest BCUT2D eigenvalue weighted by atomic mass is 9.78. The minimum absolute atomic E-state index is 0.111. The van der Waals surface area contributed by atoms with Crippen molar-refractivity contribution >= 4 is 11.8 Å². The molecule has 1 unspecified atom stereocenters. The van der Waals surface area contributed by atoms with Crippen molar-refractivity contribution in [1.29, 1.82) is 0 Å². The molecule has 0 amide bonds. The molecule has 1 aliphatic carbocycles. The van der Waals surface area contributed by atoms with Crippen LogP contribution in [0.3, 0.4) is 0 Å². The van der Waals surface area contributed by atoms with Gasteiger partial charge >= 0.3 is 5.97 Å². The molecule has 130 valence electrons. The average Bonchev–Trinajstić information content (AvgIpc) is 2.55. The number of aryl methyl sites for hydroxylation is 1. The molecule has 2 fully saturated rings. The first-order valence-corrected chi connectivity index (χ1v) is 9.48. The van der Waals surface area contributed by atoms with E-state index >= 15 is 0 Å². The van der Waals surface area contributed by atoms with Crippen LogP contribution in [0.15, 0.2) is 30.3 Å². The second kappa shape index (κ2) is 7.96. The number of ketones is 1. The van der Waals surface area contributed by atoms with Crippen molar-refractivity contribution in [3.8, 4) is 0 Å². The normalized spacial score (nSPS) is 24.2. The van der Waals surface area contributed by atoms with E-state index in [9.17, 15) is 9.59 Å². The van der Waals surface area contributed by atoms with Gasteiger partial charge in [0, 0.05) is 6.42 Å². The van der Waals surface area contributed by atoms with Crippen LogP contribution in [0.25, 0.3) is 0 Å². The topological polar surface area (TPSA) is 43.4 Å². The maximum absolute atomic E-state index is 12.6.